The van der Waals surface area contributed by atoms with E-state index in [1.54, 1.807) is 6.07 Å². The van der Waals surface area contributed by atoms with Gasteiger partial charge in [-0.1, -0.05) is 24.9 Å². The number of carbonyl (C=O) groups is 3. The van der Waals surface area contributed by atoms with E-state index in [2.05, 4.69) is 5.32 Å². The molecule has 0 saturated heterocycles. The fourth-order valence-electron chi connectivity index (χ4n) is 3.20. The third-order valence-electron chi connectivity index (χ3n) is 4.82. The second-order valence-electron chi connectivity index (χ2n) is 6.50. The number of rotatable bonds is 6. The van der Waals surface area contributed by atoms with E-state index in [4.69, 9.17) is 17.3 Å². The number of nitrogens with two attached hydrogens (primary N) is 1. The summed E-state index contributed by atoms with van der Waals surface area (Å²) in [5, 5.41) is 2.65. The molecule has 3 rings (SSSR count). The highest BCUT2D eigenvalue weighted by Crippen LogP contribution is 2.45. The number of hydrogen-bond donors (Lipinski definition) is 2. The zero-order valence-corrected chi connectivity index (χ0v) is 14.2. The molecule has 1 saturated carbocycles. The van der Waals surface area contributed by atoms with Crippen LogP contribution in [0.25, 0.3) is 0 Å². The SMILES string of the molecule is CCCC(C(=O)NC=O)N1Cc2c(Cl)cc(C3(N)CC3)cc2C1=O. The minimum atomic E-state index is -0.688. The van der Waals surface area contributed by atoms with Gasteiger partial charge in [-0.2, -0.15) is 0 Å². The van der Waals surface area contributed by atoms with E-state index in [1.165, 1.54) is 4.90 Å². The van der Waals surface area contributed by atoms with Crippen LogP contribution in [-0.2, 0) is 21.7 Å². The van der Waals surface area contributed by atoms with Gasteiger partial charge >= 0.3 is 0 Å². The lowest BCUT2D eigenvalue weighted by molar-refractivity contribution is -0.129. The predicted octanol–water partition coefficient (Wildman–Crippen LogP) is 1.68. The van der Waals surface area contributed by atoms with Crippen LogP contribution in [0, 0.1) is 0 Å². The first kappa shape index (κ1) is 16.9. The molecule has 0 bridgehead atoms. The average molecular weight is 350 g/mol. The van der Waals surface area contributed by atoms with Crippen molar-refractivity contribution in [3.63, 3.8) is 0 Å². The van der Waals surface area contributed by atoms with Crippen LogP contribution in [0.2, 0.25) is 5.02 Å². The fraction of sp³-hybridized carbons (Fsp3) is 0.471. The summed E-state index contributed by atoms with van der Waals surface area (Å²) in [6.07, 6.45) is 3.28. The Hall–Kier alpha value is -1.92. The highest BCUT2D eigenvalue weighted by molar-refractivity contribution is 6.32. The third kappa shape index (κ3) is 2.80. The van der Waals surface area contributed by atoms with Crippen LogP contribution in [0.15, 0.2) is 12.1 Å². The van der Waals surface area contributed by atoms with Crippen molar-refractivity contribution in [2.45, 2.75) is 50.7 Å². The van der Waals surface area contributed by atoms with E-state index in [-0.39, 0.29) is 18.0 Å². The van der Waals surface area contributed by atoms with Gasteiger partial charge in [0.25, 0.3) is 5.91 Å². The molecule has 0 radical (unpaired) electrons. The van der Waals surface area contributed by atoms with Gasteiger partial charge in [-0.05, 0) is 37.0 Å². The standard InChI is InChI=1S/C17H20ClN3O3/c1-2-3-14(15(23)20-9-22)21-8-12-11(16(21)24)6-10(7-13(12)18)17(19)4-5-17/h6-7,9,14H,2-5,8,19H2,1H3,(H,20,22,23). The van der Waals surface area contributed by atoms with E-state index in [1.807, 2.05) is 13.0 Å². The number of nitrogens with zero attached hydrogens (tertiary/aromatic N) is 1. The first-order valence-corrected chi connectivity index (χ1v) is 8.46. The smallest absolute Gasteiger partial charge is 0.255 e. The van der Waals surface area contributed by atoms with E-state index in [0.29, 0.717) is 29.8 Å². The topological polar surface area (TPSA) is 92.5 Å². The number of carbonyl (C=O) groups excluding carboxylic acids is 3. The lowest BCUT2D eigenvalue weighted by Gasteiger charge is -2.25. The Labute approximate surface area is 145 Å². The average Bonchev–Trinajstić information content (AvgIpc) is 3.21. The number of benzene rings is 1. The van der Waals surface area contributed by atoms with Gasteiger partial charge in [0.1, 0.15) is 6.04 Å². The lowest BCUT2D eigenvalue weighted by Crippen LogP contribution is -2.46. The zero-order valence-electron chi connectivity index (χ0n) is 13.5. The minimum absolute atomic E-state index is 0.238. The highest BCUT2D eigenvalue weighted by Gasteiger charge is 2.43. The zero-order chi connectivity index (χ0) is 17.5. The summed E-state index contributed by atoms with van der Waals surface area (Å²) >= 11 is 6.37. The molecule has 0 spiro atoms. The summed E-state index contributed by atoms with van der Waals surface area (Å²) in [4.78, 5) is 37.0. The van der Waals surface area contributed by atoms with Crippen molar-refractivity contribution < 1.29 is 14.4 Å². The molecule has 1 heterocycles. The summed E-state index contributed by atoms with van der Waals surface area (Å²) in [6, 6.07) is 2.94. The monoisotopic (exact) mass is 349 g/mol. The number of nitrogens with one attached hydrogen (secondary N) is 1. The Balaban J connectivity index is 1.93. The summed E-state index contributed by atoms with van der Waals surface area (Å²) in [5.41, 5.74) is 7.93. The Morgan fingerprint density at radius 2 is 2.21 bits per heavy atom. The molecule has 7 heteroatoms. The lowest BCUT2D eigenvalue weighted by atomic mass is 10.00. The van der Waals surface area contributed by atoms with Gasteiger partial charge in [0.15, 0.2) is 0 Å². The maximum Gasteiger partial charge on any atom is 0.255 e. The van der Waals surface area contributed by atoms with Crippen LogP contribution in [0.1, 0.15) is 54.1 Å². The molecule has 128 valence electrons. The second kappa shape index (κ2) is 6.18. The number of fused-ring (bicyclic) bond motifs is 1. The molecule has 1 aliphatic heterocycles. The predicted molar refractivity (Wildman–Crippen MR) is 89.3 cm³/mol. The van der Waals surface area contributed by atoms with Gasteiger partial charge < -0.3 is 10.6 Å². The van der Waals surface area contributed by atoms with Crippen LogP contribution in [0.3, 0.4) is 0 Å². The van der Waals surface area contributed by atoms with Gasteiger partial charge in [-0.3, -0.25) is 19.7 Å². The van der Waals surface area contributed by atoms with Crippen LogP contribution in [-0.4, -0.2) is 29.2 Å². The maximum atomic E-state index is 12.8. The van der Waals surface area contributed by atoms with Crippen molar-refractivity contribution in [3.8, 4) is 0 Å². The van der Waals surface area contributed by atoms with Gasteiger partial charge in [-0.25, -0.2) is 0 Å². The molecular weight excluding hydrogens is 330 g/mol. The molecule has 24 heavy (non-hydrogen) atoms. The normalized spacial score (nSPS) is 19.0. The first-order chi connectivity index (χ1) is 11.4. The largest absolute Gasteiger partial charge is 0.322 e. The molecule has 1 fully saturated rings. The van der Waals surface area contributed by atoms with Crippen molar-refractivity contribution in [2.75, 3.05) is 0 Å². The Kier molecular flexibility index (Phi) is 4.36. The molecule has 6 nitrogen and oxygen atoms in total. The maximum absolute atomic E-state index is 12.8. The van der Waals surface area contributed by atoms with Crippen molar-refractivity contribution >= 4 is 29.8 Å². The molecule has 1 atom stereocenters. The van der Waals surface area contributed by atoms with Crippen molar-refractivity contribution in [1.29, 1.82) is 0 Å². The van der Waals surface area contributed by atoms with Crippen molar-refractivity contribution in [1.82, 2.24) is 10.2 Å². The molecule has 2 aliphatic rings. The molecule has 3 N–H and O–H groups in total. The number of amides is 3. The van der Waals surface area contributed by atoms with Gasteiger partial charge in [0.05, 0.1) is 0 Å². The molecule has 3 amide bonds. The summed E-state index contributed by atoms with van der Waals surface area (Å²) in [6.45, 7) is 2.19. The summed E-state index contributed by atoms with van der Waals surface area (Å²) < 4.78 is 0. The Morgan fingerprint density at radius 3 is 2.79 bits per heavy atom. The molecule has 1 aliphatic carbocycles. The molecule has 0 aromatic heterocycles. The fourth-order valence-corrected chi connectivity index (χ4v) is 3.48. The van der Waals surface area contributed by atoms with Crippen molar-refractivity contribution in [3.05, 3.63) is 33.8 Å². The van der Waals surface area contributed by atoms with Gasteiger partial charge in [0, 0.05) is 28.2 Å². The third-order valence-corrected chi connectivity index (χ3v) is 5.16. The van der Waals surface area contributed by atoms with Crippen LogP contribution >= 0.6 is 11.6 Å². The number of halogens is 1. The van der Waals surface area contributed by atoms with E-state index in [9.17, 15) is 14.4 Å². The summed E-state index contributed by atoms with van der Waals surface area (Å²) in [5.74, 6) is -0.709. The second-order valence-corrected chi connectivity index (χ2v) is 6.91. The first-order valence-electron chi connectivity index (χ1n) is 8.08. The number of imide groups is 1. The minimum Gasteiger partial charge on any atom is -0.322 e. The highest BCUT2D eigenvalue weighted by atomic mass is 35.5. The van der Waals surface area contributed by atoms with E-state index >= 15 is 0 Å². The Morgan fingerprint density at radius 1 is 1.50 bits per heavy atom. The van der Waals surface area contributed by atoms with Crippen LogP contribution in [0.4, 0.5) is 0 Å². The quantitative estimate of drug-likeness (QED) is 0.764. The van der Waals surface area contributed by atoms with Gasteiger partial charge in [0.2, 0.25) is 12.3 Å². The van der Waals surface area contributed by atoms with E-state index < -0.39 is 11.9 Å². The van der Waals surface area contributed by atoms with E-state index in [0.717, 1.165) is 24.0 Å². The van der Waals surface area contributed by atoms with Crippen LogP contribution < -0.4 is 11.1 Å². The molecule has 1 aromatic carbocycles. The van der Waals surface area contributed by atoms with Crippen molar-refractivity contribution in [2.24, 2.45) is 5.73 Å². The number of hydrogen-bond acceptors (Lipinski definition) is 4. The summed E-state index contributed by atoms with van der Waals surface area (Å²) in [7, 11) is 0. The molecule has 1 aromatic rings. The molecule has 1 unspecified atom stereocenters. The van der Waals surface area contributed by atoms with Crippen LogP contribution in [0.5, 0.6) is 0 Å². The molecular formula is C17H20ClN3O3. The Bertz CT molecular complexity index is 715. The van der Waals surface area contributed by atoms with Gasteiger partial charge in [-0.15, -0.1) is 0 Å².